The molecular formula is C22H18FN3O2. The van der Waals surface area contributed by atoms with E-state index in [1.54, 1.807) is 30.3 Å². The number of hydrogen-bond donors (Lipinski definition) is 1. The van der Waals surface area contributed by atoms with Crippen LogP contribution in [0, 0.1) is 5.82 Å². The summed E-state index contributed by atoms with van der Waals surface area (Å²) in [4.78, 5) is 17.2. The van der Waals surface area contributed by atoms with Crippen LogP contribution in [0.4, 0.5) is 10.1 Å². The molecule has 6 heteroatoms. The third-order valence-corrected chi connectivity index (χ3v) is 4.30. The first-order valence-electron chi connectivity index (χ1n) is 8.95. The molecule has 2 aromatic heterocycles. The van der Waals surface area contributed by atoms with Crippen LogP contribution in [0.1, 0.15) is 23.1 Å². The Labute approximate surface area is 161 Å². The first-order chi connectivity index (χ1) is 13.6. The molecule has 0 aliphatic carbocycles. The Balaban J connectivity index is 1.55. The van der Waals surface area contributed by atoms with E-state index in [2.05, 4.69) is 10.3 Å². The number of nitrogens with zero attached hydrogens (tertiary/aromatic N) is 2. The van der Waals surface area contributed by atoms with E-state index in [-0.39, 0.29) is 5.91 Å². The minimum absolute atomic E-state index is 0.335. The third kappa shape index (κ3) is 3.57. The summed E-state index contributed by atoms with van der Waals surface area (Å²) in [6.45, 7) is 1.91. The number of imidazole rings is 1. The molecule has 0 saturated carbocycles. The van der Waals surface area contributed by atoms with Crippen LogP contribution in [0.5, 0.6) is 11.5 Å². The predicted molar refractivity (Wildman–Crippen MR) is 105 cm³/mol. The zero-order valence-electron chi connectivity index (χ0n) is 15.2. The highest BCUT2D eigenvalue weighted by atomic mass is 19.1. The maximum Gasteiger partial charge on any atom is 0.274 e. The van der Waals surface area contributed by atoms with Crippen molar-refractivity contribution in [3.05, 3.63) is 90.1 Å². The fourth-order valence-corrected chi connectivity index (χ4v) is 2.98. The molecule has 4 aromatic rings. The summed E-state index contributed by atoms with van der Waals surface area (Å²) in [5.74, 6) is 0.630. The van der Waals surface area contributed by atoms with Crippen molar-refractivity contribution in [3.63, 3.8) is 0 Å². The van der Waals surface area contributed by atoms with Crippen LogP contribution in [0.15, 0.2) is 72.9 Å². The van der Waals surface area contributed by atoms with Crippen molar-refractivity contribution >= 4 is 17.2 Å². The van der Waals surface area contributed by atoms with Crippen LogP contribution < -0.4 is 10.1 Å². The highest BCUT2D eigenvalue weighted by Gasteiger charge is 2.18. The number of benzene rings is 2. The number of carbonyl (C=O) groups is 1. The first-order valence-corrected chi connectivity index (χ1v) is 8.95. The molecule has 1 amide bonds. The number of hydrogen-bond acceptors (Lipinski definition) is 3. The minimum atomic E-state index is -0.427. The summed E-state index contributed by atoms with van der Waals surface area (Å²) in [6, 6.07) is 19.4. The van der Waals surface area contributed by atoms with E-state index in [0.29, 0.717) is 34.9 Å². The number of rotatable bonds is 5. The van der Waals surface area contributed by atoms with Crippen molar-refractivity contribution < 1.29 is 13.9 Å². The Morgan fingerprint density at radius 1 is 1.04 bits per heavy atom. The van der Waals surface area contributed by atoms with Gasteiger partial charge in [-0.3, -0.25) is 9.20 Å². The van der Waals surface area contributed by atoms with Crippen LogP contribution in [0.25, 0.3) is 5.65 Å². The van der Waals surface area contributed by atoms with Crippen LogP contribution in [-0.2, 0) is 6.42 Å². The molecule has 0 unspecified atom stereocenters. The van der Waals surface area contributed by atoms with Gasteiger partial charge in [0.2, 0.25) is 0 Å². The van der Waals surface area contributed by atoms with Gasteiger partial charge in [0.05, 0.1) is 5.69 Å². The summed E-state index contributed by atoms with van der Waals surface area (Å²) in [5, 5.41) is 2.84. The normalized spacial score (nSPS) is 10.8. The van der Waals surface area contributed by atoms with Gasteiger partial charge in [0.25, 0.3) is 5.91 Å². The zero-order chi connectivity index (χ0) is 19.5. The van der Waals surface area contributed by atoms with Gasteiger partial charge in [-0.05, 0) is 55.0 Å². The van der Waals surface area contributed by atoms with Crippen molar-refractivity contribution in [1.82, 2.24) is 9.38 Å². The number of halogens is 1. The molecule has 0 bridgehead atoms. The molecule has 0 saturated heterocycles. The van der Waals surface area contributed by atoms with Gasteiger partial charge in [-0.25, -0.2) is 9.37 Å². The minimum Gasteiger partial charge on any atom is -0.457 e. The van der Waals surface area contributed by atoms with Crippen LogP contribution >= 0.6 is 0 Å². The number of amides is 1. The Morgan fingerprint density at radius 3 is 2.46 bits per heavy atom. The summed E-state index contributed by atoms with van der Waals surface area (Å²) < 4.78 is 20.9. The second-order valence-corrected chi connectivity index (χ2v) is 6.23. The molecule has 2 heterocycles. The average molecular weight is 375 g/mol. The van der Waals surface area contributed by atoms with Gasteiger partial charge in [-0.2, -0.15) is 0 Å². The van der Waals surface area contributed by atoms with Crippen LogP contribution in [-0.4, -0.2) is 15.3 Å². The van der Waals surface area contributed by atoms with Crippen LogP contribution in [0.3, 0.4) is 0 Å². The first kappa shape index (κ1) is 17.7. The maximum absolute atomic E-state index is 13.6. The standard InChI is InChI=1S/C22H18FN3O2/c1-2-19-21(26-14-15(23)8-13-20(26)25-19)22(27)24-16-9-11-18(12-10-16)28-17-6-4-3-5-7-17/h3-14H,2H2,1H3,(H,24,27). The van der Waals surface area contributed by atoms with Gasteiger partial charge in [-0.15, -0.1) is 0 Å². The predicted octanol–water partition coefficient (Wildman–Crippen LogP) is 5.08. The maximum atomic E-state index is 13.6. The number of anilines is 1. The molecule has 5 nitrogen and oxygen atoms in total. The summed E-state index contributed by atoms with van der Waals surface area (Å²) in [7, 11) is 0. The second-order valence-electron chi connectivity index (χ2n) is 6.23. The van der Waals surface area contributed by atoms with Crippen molar-refractivity contribution in [3.8, 4) is 11.5 Å². The Bertz CT molecular complexity index is 1120. The lowest BCUT2D eigenvalue weighted by molar-refractivity contribution is 0.102. The zero-order valence-corrected chi connectivity index (χ0v) is 15.2. The average Bonchev–Trinajstić information content (AvgIpc) is 3.08. The Morgan fingerprint density at radius 2 is 1.75 bits per heavy atom. The molecule has 0 spiro atoms. The molecule has 0 aliphatic heterocycles. The van der Waals surface area contributed by atoms with Crippen molar-refractivity contribution in [2.75, 3.05) is 5.32 Å². The number of fused-ring (bicyclic) bond motifs is 1. The highest BCUT2D eigenvalue weighted by Crippen LogP contribution is 2.23. The topological polar surface area (TPSA) is 55.6 Å². The van der Waals surface area contributed by atoms with E-state index in [1.165, 1.54) is 16.7 Å². The summed E-state index contributed by atoms with van der Waals surface area (Å²) in [6.07, 6.45) is 1.84. The molecule has 0 radical (unpaired) electrons. The number of para-hydroxylation sites is 1. The van der Waals surface area contributed by atoms with Gasteiger partial charge in [0, 0.05) is 11.9 Å². The lowest BCUT2D eigenvalue weighted by Crippen LogP contribution is -2.16. The highest BCUT2D eigenvalue weighted by molar-refractivity contribution is 6.04. The third-order valence-electron chi connectivity index (χ3n) is 4.30. The summed E-state index contributed by atoms with van der Waals surface area (Å²) in [5.41, 5.74) is 2.10. The van der Waals surface area contributed by atoms with Crippen molar-refractivity contribution in [2.45, 2.75) is 13.3 Å². The van der Waals surface area contributed by atoms with Gasteiger partial charge < -0.3 is 10.1 Å². The molecular weight excluding hydrogens is 357 g/mol. The van der Waals surface area contributed by atoms with Gasteiger partial charge in [-0.1, -0.05) is 25.1 Å². The van der Waals surface area contributed by atoms with E-state index in [4.69, 9.17) is 4.74 Å². The molecule has 2 aromatic carbocycles. The fourth-order valence-electron chi connectivity index (χ4n) is 2.98. The SMILES string of the molecule is CCc1nc2ccc(F)cn2c1C(=O)Nc1ccc(Oc2ccccc2)cc1. The van der Waals surface area contributed by atoms with Gasteiger partial charge >= 0.3 is 0 Å². The largest absolute Gasteiger partial charge is 0.457 e. The number of ether oxygens (including phenoxy) is 1. The van der Waals surface area contributed by atoms with E-state index in [9.17, 15) is 9.18 Å². The Kier molecular flexibility index (Phi) is 4.76. The smallest absolute Gasteiger partial charge is 0.274 e. The Hall–Kier alpha value is -3.67. The quantitative estimate of drug-likeness (QED) is 0.529. The van der Waals surface area contributed by atoms with Crippen LogP contribution in [0.2, 0.25) is 0 Å². The molecule has 28 heavy (non-hydrogen) atoms. The molecule has 0 atom stereocenters. The number of carbonyl (C=O) groups excluding carboxylic acids is 1. The molecule has 1 N–H and O–H groups in total. The molecule has 140 valence electrons. The monoisotopic (exact) mass is 375 g/mol. The van der Waals surface area contributed by atoms with E-state index in [1.807, 2.05) is 37.3 Å². The van der Waals surface area contributed by atoms with E-state index in [0.717, 1.165) is 5.75 Å². The van der Waals surface area contributed by atoms with Crippen molar-refractivity contribution in [2.24, 2.45) is 0 Å². The summed E-state index contributed by atoms with van der Waals surface area (Å²) >= 11 is 0. The molecule has 0 fully saturated rings. The molecule has 4 rings (SSSR count). The molecule has 0 aliphatic rings. The van der Waals surface area contributed by atoms with Crippen molar-refractivity contribution in [1.29, 1.82) is 0 Å². The number of nitrogens with one attached hydrogen (secondary N) is 1. The number of pyridine rings is 1. The van der Waals surface area contributed by atoms with E-state index >= 15 is 0 Å². The lowest BCUT2D eigenvalue weighted by Gasteiger charge is -2.09. The van der Waals surface area contributed by atoms with E-state index < -0.39 is 5.82 Å². The fraction of sp³-hybridized carbons (Fsp3) is 0.0909. The lowest BCUT2D eigenvalue weighted by atomic mass is 10.2. The van der Waals surface area contributed by atoms with Gasteiger partial charge in [0.1, 0.15) is 28.7 Å². The van der Waals surface area contributed by atoms with Gasteiger partial charge in [0.15, 0.2) is 0 Å². The second kappa shape index (κ2) is 7.52. The number of aromatic nitrogens is 2. The number of aryl methyl sites for hydroxylation is 1.